The summed E-state index contributed by atoms with van der Waals surface area (Å²) >= 11 is 0. The third kappa shape index (κ3) is 3.25. The summed E-state index contributed by atoms with van der Waals surface area (Å²) in [6, 6.07) is 7.74. The van der Waals surface area contributed by atoms with Gasteiger partial charge in [-0.05, 0) is 18.9 Å². The minimum Gasteiger partial charge on any atom is -0.321 e. The van der Waals surface area contributed by atoms with E-state index >= 15 is 0 Å². The number of benzene rings is 1. The van der Waals surface area contributed by atoms with Gasteiger partial charge in [-0.15, -0.1) is 0 Å². The zero-order valence-corrected chi connectivity index (χ0v) is 9.22. The average molecular weight is 220 g/mol. The molecule has 0 radical (unpaired) electrons. The molecule has 0 aromatic heterocycles. The van der Waals surface area contributed by atoms with E-state index in [1.54, 1.807) is 0 Å². The molecule has 1 aromatic rings. The van der Waals surface area contributed by atoms with Crippen molar-refractivity contribution >= 4 is 11.6 Å². The quantitative estimate of drug-likeness (QED) is 0.686. The van der Waals surface area contributed by atoms with Crippen molar-refractivity contribution in [1.82, 2.24) is 0 Å². The number of rotatable bonds is 5. The molecule has 0 fully saturated rings. The monoisotopic (exact) mass is 220 g/mol. The molecule has 0 aliphatic heterocycles. The van der Waals surface area contributed by atoms with Gasteiger partial charge in [0.1, 0.15) is 0 Å². The molecule has 0 saturated heterocycles. The van der Waals surface area contributed by atoms with Crippen molar-refractivity contribution in [1.29, 1.82) is 0 Å². The van der Waals surface area contributed by atoms with Gasteiger partial charge in [0.15, 0.2) is 0 Å². The maximum Gasteiger partial charge on any atom is 0.216 e. The molecule has 0 aliphatic rings. The average Bonchev–Trinajstić information content (AvgIpc) is 2.28. The number of hydrogen-bond donors (Lipinski definition) is 2. The van der Waals surface area contributed by atoms with Crippen LogP contribution in [0.5, 0.6) is 0 Å². The molecular formula is C12H16N2O2. The van der Waals surface area contributed by atoms with Gasteiger partial charge in [0, 0.05) is 0 Å². The standard InChI is InChI=1S/C12H16N2O2/c1-8(13)11(15)12(16)10(14)7-9-5-3-2-4-6-9/h2-6,8,10H,7,13-14H2,1H3/t8-,10-/m0/s1. The second-order valence-corrected chi connectivity index (χ2v) is 3.81. The van der Waals surface area contributed by atoms with Gasteiger partial charge in [0.05, 0.1) is 12.1 Å². The number of hydrogen-bond acceptors (Lipinski definition) is 4. The molecule has 0 aliphatic carbocycles. The molecule has 4 heteroatoms. The largest absolute Gasteiger partial charge is 0.321 e. The number of ketones is 2. The van der Waals surface area contributed by atoms with Crippen molar-refractivity contribution in [2.75, 3.05) is 0 Å². The molecule has 0 spiro atoms. The van der Waals surface area contributed by atoms with Crippen LogP contribution in [0.25, 0.3) is 0 Å². The van der Waals surface area contributed by atoms with Gasteiger partial charge in [-0.1, -0.05) is 30.3 Å². The van der Waals surface area contributed by atoms with E-state index in [2.05, 4.69) is 0 Å². The topological polar surface area (TPSA) is 86.2 Å². The summed E-state index contributed by atoms with van der Waals surface area (Å²) in [7, 11) is 0. The Balaban J connectivity index is 2.63. The van der Waals surface area contributed by atoms with Crippen LogP contribution in [0.15, 0.2) is 30.3 Å². The summed E-state index contributed by atoms with van der Waals surface area (Å²) < 4.78 is 0. The zero-order valence-electron chi connectivity index (χ0n) is 9.22. The van der Waals surface area contributed by atoms with Crippen LogP contribution in [0.1, 0.15) is 12.5 Å². The molecular weight excluding hydrogens is 204 g/mol. The molecule has 1 rings (SSSR count). The lowest BCUT2D eigenvalue weighted by atomic mass is 9.99. The molecule has 4 nitrogen and oxygen atoms in total. The van der Waals surface area contributed by atoms with E-state index in [1.807, 2.05) is 30.3 Å². The zero-order chi connectivity index (χ0) is 12.1. The van der Waals surface area contributed by atoms with Gasteiger partial charge in [-0.3, -0.25) is 9.59 Å². The lowest BCUT2D eigenvalue weighted by Gasteiger charge is -2.11. The molecule has 4 N–H and O–H groups in total. The molecule has 0 bridgehead atoms. The number of carbonyl (C=O) groups is 2. The smallest absolute Gasteiger partial charge is 0.216 e. The first-order chi connectivity index (χ1) is 7.52. The van der Waals surface area contributed by atoms with Crippen molar-refractivity contribution in [2.24, 2.45) is 11.5 Å². The SMILES string of the molecule is C[C@H](N)C(=O)C(=O)[C@@H](N)Cc1ccccc1. The maximum absolute atomic E-state index is 11.5. The lowest BCUT2D eigenvalue weighted by molar-refractivity contribution is -0.137. The molecule has 16 heavy (non-hydrogen) atoms. The van der Waals surface area contributed by atoms with Crippen molar-refractivity contribution < 1.29 is 9.59 Å². The highest BCUT2D eigenvalue weighted by molar-refractivity contribution is 6.40. The van der Waals surface area contributed by atoms with Gasteiger partial charge in [0.25, 0.3) is 0 Å². The van der Waals surface area contributed by atoms with Gasteiger partial charge >= 0.3 is 0 Å². The summed E-state index contributed by atoms with van der Waals surface area (Å²) in [4.78, 5) is 22.9. The van der Waals surface area contributed by atoms with Crippen LogP contribution >= 0.6 is 0 Å². The molecule has 2 atom stereocenters. The molecule has 86 valence electrons. The molecule has 0 saturated carbocycles. The Hall–Kier alpha value is -1.52. The van der Waals surface area contributed by atoms with Gasteiger partial charge in [0.2, 0.25) is 11.6 Å². The van der Waals surface area contributed by atoms with Gasteiger partial charge in [-0.2, -0.15) is 0 Å². The first kappa shape index (κ1) is 12.5. The Bertz CT molecular complexity index is 374. The van der Waals surface area contributed by atoms with Crippen LogP contribution in [-0.2, 0) is 16.0 Å². The van der Waals surface area contributed by atoms with Crippen LogP contribution in [0.2, 0.25) is 0 Å². The molecule has 0 amide bonds. The molecule has 1 aromatic carbocycles. The predicted octanol–water partition coefficient (Wildman–Crippen LogP) is 0.0418. The van der Waals surface area contributed by atoms with E-state index in [-0.39, 0.29) is 0 Å². The normalized spacial score (nSPS) is 14.2. The number of nitrogens with two attached hydrogens (primary N) is 2. The van der Waals surface area contributed by atoms with Crippen LogP contribution in [-0.4, -0.2) is 23.7 Å². The fourth-order valence-corrected chi connectivity index (χ4v) is 1.37. The van der Waals surface area contributed by atoms with Gasteiger partial charge < -0.3 is 11.5 Å². The fourth-order valence-electron chi connectivity index (χ4n) is 1.37. The second-order valence-electron chi connectivity index (χ2n) is 3.81. The fraction of sp³-hybridized carbons (Fsp3) is 0.333. The van der Waals surface area contributed by atoms with Crippen LogP contribution in [0, 0.1) is 0 Å². The molecule has 0 unspecified atom stereocenters. The van der Waals surface area contributed by atoms with Crippen LogP contribution in [0.3, 0.4) is 0 Å². The number of Topliss-reactive ketones (excluding diaryl/α,β-unsaturated/α-hetero) is 2. The van der Waals surface area contributed by atoms with Crippen molar-refractivity contribution in [2.45, 2.75) is 25.4 Å². The highest BCUT2D eigenvalue weighted by atomic mass is 16.2. The summed E-state index contributed by atoms with van der Waals surface area (Å²) in [5.74, 6) is -1.21. The third-order valence-corrected chi connectivity index (χ3v) is 2.29. The van der Waals surface area contributed by atoms with Crippen LogP contribution < -0.4 is 11.5 Å². The van der Waals surface area contributed by atoms with Crippen molar-refractivity contribution in [3.05, 3.63) is 35.9 Å². The summed E-state index contributed by atoms with van der Waals surface area (Å²) in [5.41, 5.74) is 11.9. The lowest BCUT2D eigenvalue weighted by Crippen LogP contribution is -2.44. The summed E-state index contributed by atoms with van der Waals surface area (Å²) in [5, 5.41) is 0. The Morgan fingerprint density at radius 2 is 1.69 bits per heavy atom. The summed E-state index contributed by atoms with van der Waals surface area (Å²) in [6.07, 6.45) is 0.359. The summed E-state index contributed by atoms with van der Waals surface area (Å²) in [6.45, 7) is 1.48. The Labute approximate surface area is 94.6 Å². The first-order valence-electron chi connectivity index (χ1n) is 5.15. The van der Waals surface area contributed by atoms with Crippen LogP contribution in [0.4, 0.5) is 0 Å². The minimum absolute atomic E-state index is 0.359. The van der Waals surface area contributed by atoms with E-state index in [9.17, 15) is 9.59 Å². The third-order valence-electron chi connectivity index (χ3n) is 2.29. The van der Waals surface area contributed by atoms with E-state index in [1.165, 1.54) is 6.92 Å². The highest BCUT2D eigenvalue weighted by Gasteiger charge is 2.24. The Morgan fingerprint density at radius 3 is 2.19 bits per heavy atom. The minimum atomic E-state index is -0.805. The van der Waals surface area contributed by atoms with Crippen molar-refractivity contribution in [3.8, 4) is 0 Å². The Kier molecular flexibility index (Phi) is 4.34. The van der Waals surface area contributed by atoms with E-state index in [4.69, 9.17) is 11.5 Å². The van der Waals surface area contributed by atoms with E-state index in [0.717, 1.165) is 5.56 Å². The second kappa shape index (κ2) is 5.53. The maximum atomic E-state index is 11.5. The highest BCUT2D eigenvalue weighted by Crippen LogP contribution is 2.03. The number of carbonyl (C=O) groups excluding carboxylic acids is 2. The van der Waals surface area contributed by atoms with E-state index in [0.29, 0.717) is 6.42 Å². The van der Waals surface area contributed by atoms with E-state index < -0.39 is 23.7 Å². The Morgan fingerprint density at radius 1 is 1.12 bits per heavy atom. The predicted molar refractivity (Wildman–Crippen MR) is 61.8 cm³/mol. The molecule has 0 heterocycles. The van der Waals surface area contributed by atoms with Gasteiger partial charge in [-0.25, -0.2) is 0 Å². The van der Waals surface area contributed by atoms with Crippen molar-refractivity contribution in [3.63, 3.8) is 0 Å². The first-order valence-corrected chi connectivity index (χ1v) is 5.15.